The Morgan fingerprint density at radius 1 is 1.38 bits per heavy atom. The van der Waals surface area contributed by atoms with Crippen LogP contribution in [0.25, 0.3) is 0 Å². The molecule has 2 unspecified atom stereocenters. The number of carboxylic acid groups (broad SMARTS) is 1. The van der Waals surface area contributed by atoms with Crippen molar-refractivity contribution < 1.29 is 19.4 Å². The molecule has 1 aliphatic rings. The highest BCUT2D eigenvalue weighted by atomic mass is 16.5. The van der Waals surface area contributed by atoms with Crippen LogP contribution < -0.4 is 10.1 Å². The summed E-state index contributed by atoms with van der Waals surface area (Å²) >= 11 is 0. The minimum atomic E-state index is -0.925. The summed E-state index contributed by atoms with van der Waals surface area (Å²) in [7, 11) is 0. The van der Waals surface area contributed by atoms with Crippen molar-refractivity contribution in [1.29, 1.82) is 0 Å². The molecule has 0 spiro atoms. The maximum atomic E-state index is 12.3. The van der Waals surface area contributed by atoms with Gasteiger partial charge in [0, 0.05) is 12.5 Å². The summed E-state index contributed by atoms with van der Waals surface area (Å²) in [4.78, 5) is 23.3. The molecule has 5 heteroatoms. The monoisotopic (exact) mass is 291 g/mol. The molecule has 0 aliphatic carbocycles. The van der Waals surface area contributed by atoms with Crippen LogP contribution in [0.2, 0.25) is 0 Å². The number of carboxylic acids is 1. The first kappa shape index (κ1) is 15.4. The van der Waals surface area contributed by atoms with E-state index in [2.05, 4.69) is 5.32 Å². The highest BCUT2D eigenvalue weighted by Gasteiger charge is 2.34. The molecule has 0 bridgehead atoms. The van der Waals surface area contributed by atoms with Crippen LogP contribution in [0.1, 0.15) is 32.8 Å². The maximum absolute atomic E-state index is 12.3. The van der Waals surface area contributed by atoms with Crippen molar-refractivity contribution in [1.82, 2.24) is 5.32 Å². The predicted molar refractivity (Wildman–Crippen MR) is 78.2 cm³/mol. The fourth-order valence-corrected chi connectivity index (χ4v) is 2.34. The molecule has 21 heavy (non-hydrogen) atoms. The number of aliphatic carboxylic acids is 1. The zero-order valence-corrected chi connectivity index (χ0v) is 12.6. The second kappa shape index (κ2) is 5.76. The number of hydrogen-bond acceptors (Lipinski definition) is 3. The molecule has 114 valence electrons. The fourth-order valence-electron chi connectivity index (χ4n) is 2.34. The Morgan fingerprint density at radius 2 is 2.05 bits per heavy atom. The average molecular weight is 291 g/mol. The number of hydrogen-bond donors (Lipinski definition) is 2. The van der Waals surface area contributed by atoms with Crippen molar-refractivity contribution in [2.45, 2.75) is 45.8 Å². The van der Waals surface area contributed by atoms with Gasteiger partial charge in [-0.15, -0.1) is 0 Å². The first-order chi connectivity index (χ1) is 9.77. The summed E-state index contributed by atoms with van der Waals surface area (Å²) in [5.41, 5.74) is 0.669. The smallest absolute Gasteiger partial charge is 0.305 e. The number of carbonyl (C=O) groups is 2. The lowest BCUT2D eigenvalue weighted by Crippen LogP contribution is -2.49. The molecule has 1 aliphatic heterocycles. The molecule has 2 rings (SSSR count). The molecule has 1 heterocycles. The Labute approximate surface area is 124 Å². The Bertz CT molecular complexity index is 522. The van der Waals surface area contributed by atoms with E-state index < -0.39 is 18.1 Å². The van der Waals surface area contributed by atoms with Crippen molar-refractivity contribution in [3.8, 4) is 5.75 Å². The minimum Gasteiger partial charge on any atom is -0.481 e. The summed E-state index contributed by atoms with van der Waals surface area (Å²) in [5.74, 6) is -0.457. The van der Waals surface area contributed by atoms with Crippen LogP contribution in [0.4, 0.5) is 0 Å². The summed E-state index contributed by atoms with van der Waals surface area (Å²) in [6, 6.07) is 7.10. The van der Waals surface area contributed by atoms with Gasteiger partial charge < -0.3 is 15.2 Å². The van der Waals surface area contributed by atoms with E-state index in [-0.39, 0.29) is 17.7 Å². The van der Waals surface area contributed by atoms with E-state index in [1.165, 1.54) is 0 Å². The molecule has 2 atom stereocenters. The van der Waals surface area contributed by atoms with Crippen LogP contribution >= 0.6 is 0 Å². The first-order valence-corrected chi connectivity index (χ1v) is 7.04. The van der Waals surface area contributed by atoms with Crippen LogP contribution in [-0.4, -0.2) is 29.1 Å². The van der Waals surface area contributed by atoms with Crippen LogP contribution in [0.3, 0.4) is 0 Å². The Kier molecular flexibility index (Phi) is 4.21. The highest BCUT2D eigenvalue weighted by molar-refractivity contribution is 5.83. The molecular weight excluding hydrogens is 270 g/mol. The van der Waals surface area contributed by atoms with E-state index >= 15 is 0 Å². The van der Waals surface area contributed by atoms with Crippen molar-refractivity contribution in [2.75, 3.05) is 0 Å². The van der Waals surface area contributed by atoms with Gasteiger partial charge in [0.1, 0.15) is 5.75 Å². The highest BCUT2D eigenvalue weighted by Crippen LogP contribution is 2.29. The van der Waals surface area contributed by atoms with Gasteiger partial charge in [0.2, 0.25) is 0 Å². The topological polar surface area (TPSA) is 75.6 Å². The quantitative estimate of drug-likeness (QED) is 0.889. The predicted octanol–water partition coefficient (Wildman–Crippen LogP) is 2.00. The summed E-state index contributed by atoms with van der Waals surface area (Å²) < 4.78 is 5.63. The van der Waals surface area contributed by atoms with Gasteiger partial charge in [0.15, 0.2) is 6.10 Å². The van der Waals surface area contributed by atoms with Gasteiger partial charge in [0.05, 0.1) is 6.42 Å². The Balaban J connectivity index is 2.02. The number of amides is 1. The summed E-state index contributed by atoms with van der Waals surface area (Å²) in [6.07, 6.45) is -0.165. The van der Waals surface area contributed by atoms with E-state index in [1.807, 2.05) is 45.0 Å². The molecule has 0 aromatic heterocycles. The van der Waals surface area contributed by atoms with E-state index in [9.17, 15) is 9.59 Å². The summed E-state index contributed by atoms with van der Waals surface area (Å²) in [6.45, 7) is 5.72. The molecule has 0 fully saturated rings. The number of ether oxygens (including phenoxy) is 1. The standard InChI is InChI=1S/C16H21NO4/c1-16(2,3)13(9-14(18)19)17-15(20)12-8-10-6-4-5-7-11(10)21-12/h4-7,12-13H,8-9H2,1-3H3,(H,17,20)(H,18,19). The van der Waals surface area contributed by atoms with E-state index in [0.717, 1.165) is 11.3 Å². The lowest BCUT2D eigenvalue weighted by atomic mass is 9.84. The number of rotatable bonds is 4. The van der Waals surface area contributed by atoms with E-state index in [4.69, 9.17) is 9.84 Å². The Hall–Kier alpha value is -2.04. The number of nitrogens with one attached hydrogen (secondary N) is 1. The second-order valence-corrected chi connectivity index (χ2v) is 6.44. The molecule has 0 saturated carbocycles. The maximum Gasteiger partial charge on any atom is 0.305 e. The largest absolute Gasteiger partial charge is 0.481 e. The number of fused-ring (bicyclic) bond motifs is 1. The van der Waals surface area contributed by atoms with Crippen molar-refractivity contribution >= 4 is 11.9 Å². The molecule has 1 aromatic carbocycles. The van der Waals surface area contributed by atoms with Gasteiger partial charge in [0.25, 0.3) is 5.91 Å². The van der Waals surface area contributed by atoms with E-state index in [0.29, 0.717) is 6.42 Å². The lowest BCUT2D eigenvalue weighted by molar-refractivity contribution is -0.139. The molecule has 5 nitrogen and oxygen atoms in total. The number of para-hydroxylation sites is 1. The SMILES string of the molecule is CC(C)(C)C(CC(=O)O)NC(=O)C1Cc2ccccc2O1. The van der Waals surface area contributed by atoms with Gasteiger partial charge in [-0.25, -0.2) is 0 Å². The van der Waals surface area contributed by atoms with E-state index in [1.54, 1.807) is 0 Å². The van der Waals surface area contributed by atoms with Crippen molar-refractivity contribution in [3.05, 3.63) is 29.8 Å². The molecule has 0 saturated heterocycles. The minimum absolute atomic E-state index is 0.102. The van der Waals surface area contributed by atoms with Crippen LogP contribution in [-0.2, 0) is 16.0 Å². The van der Waals surface area contributed by atoms with Crippen LogP contribution in [0.15, 0.2) is 24.3 Å². The summed E-state index contributed by atoms with van der Waals surface area (Å²) in [5, 5.41) is 11.8. The lowest BCUT2D eigenvalue weighted by Gasteiger charge is -2.31. The third kappa shape index (κ3) is 3.74. The van der Waals surface area contributed by atoms with Gasteiger partial charge in [-0.05, 0) is 17.0 Å². The molecule has 0 radical (unpaired) electrons. The average Bonchev–Trinajstić information content (AvgIpc) is 2.80. The molecule has 1 aromatic rings. The van der Waals surface area contributed by atoms with Gasteiger partial charge in [-0.1, -0.05) is 39.0 Å². The molecule has 2 N–H and O–H groups in total. The number of carbonyl (C=O) groups excluding carboxylic acids is 1. The van der Waals surface area contributed by atoms with Crippen molar-refractivity contribution in [2.24, 2.45) is 5.41 Å². The zero-order chi connectivity index (χ0) is 15.6. The fraction of sp³-hybridized carbons (Fsp3) is 0.500. The molecule has 1 amide bonds. The van der Waals surface area contributed by atoms with Gasteiger partial charge in [-0.2, -0.15) is 0 Å². The van der Waals surface area contributed by atoms with Gasteiger partial charge >= 0.3 is 5.97 Å². The number of benzene rings is 1. The van der Waals surface area contributed by atoms with Gasteiger partial charge in [-0.3, -0.25) is 9.59 Å². The molecular formula is C16H21NO4. The normalized spacial score (nSPS) is 18.5. The first-order valence-electron chi connectivity index (χ1n) is 7.04. The van der Waals surface area contributed by atoms with Crippen LogP contribution in [0, 0.1) is 5.41 Å². The third-order valence-corrected chi connectivity index (χ3v) is 3.68. The Morgan fingerprint density at radius 3 is 2.62 bits per heavy atom. The third-order valence-electron chi connectivity index (χ3n) is 3.68. The zero-order valence-electron chi connectivity index (χ0n) is 12.6. The van der Waals surface area contributed by atoms with Crippen molar-refractivity contribution in [3.63, 3.8) is 0 Å². The second-order valence-electron chi connectivity index (χ2n) is 6.44. The van der Waals surface area contributed by atoms with Crippen LogP contribution in [0.5, 0.6) is 5.75 Å².